The maximum atomic E-state index is 10.6. The summed E-state index contributed by atoms with van der Waals surface area (Å²) in [6.45, 7) is 6.00. The fourth-order valence-corrected chi connectivity index (χ4v) is 0.600. The molecule has 11 heavy (non-hydrogen) atoms. The van der Waals surface area contributed by atoms with Crippen LogP contribution in [0.4, 0.5) is 0 Å². The highest BCUT2D eigenvalue weighted by Gasteiger charge is 2.32. The lowest BCUT2D eigenvalue weighted by molar-refractivity contribution is -0.170. The van der Waals surface area contributed by atoms with Crippen LogP contribution in [0.2, 0.25) is 0 Å². The van der Waals surface area contributed by atoms with E-state index in [1.165, 1.54) is 13.8 Å². The monoisotopic (exact) mass is 175 g/mol. The van der Waals surface area contributed by atoms with E-state index in [4.69, 9.17) is 0 Å². The maximum absolute atomic E-state index is 10.6. The van der Waals surface area contributed by atoms with Gasteiger partial charge in [-0.25, -0.2) is 0 Å². The summed E-state index contributed by atoms with van der Waals surface area (Å²) in [5, 5.41) is 1.06. The lowest BCUT2D eigenvalue weighted by Gasteiger charge is -2.15. The normalized spacial score (nSPS) is 12.1. The van der Waals surface area contributed by atoms with E-state index in [0.717, 1.165) is 6.08 Å². The van der Waals surface area contributed by atoms with Gasteiger partial charge in [-0.05, 0) is 6.08 Å². The van der Waals surface area contributed by atoms with Crippen molar-refractivity contribution < 1.29 is 14.3 Å². The topological polar surface area (TPSA) is 69.2 Å². The molecule has 4 nitrogen and oxygen atoms in total. The van der Waals surface area contributed by atoms with Crippen LogP contribution in [0, 0.1) is 0 Å². The average molecular weight is 175 g/mol. The Morgan fingerprint density at radius 3 is 2.45 bits per heavy atom. The number of nitrogens with one attached hydrogen (secondary N) is 1. The predicted octanol–water partition coefficient (Wildman–Crippen LogP) is 0.127. The van der Waals surface area contributed by atoms with E-state index < -0.39 is 19.2 Å². The zero-order valence-corrected chi connectivity index (χ0v) is 7.35. The van der Waals surface area contributed by atoms with Crippen LogP contribution in [0.3, 0.4) is 0 Å². The van der Waals surface area contributed by atoms with Crippen molar-refractivity contribution in [2.24, 2.45) is 0 Å². The SMILES string of the molecule is C=CC(=O)NC(C)(C)[P+](=O)[O-]. The Morgan fingerprint density at radius 1 is 1.73 bits per heavy atom. The van der Waals surface area contributed by atoms with Crippen LogP contribution >= 0.6 is 8.03 Å². The minimum Gasteiger partial charge on any atom is -0.594 e. The van der Waals surface area contributed by atoms with Crippen LogP contribution in [-0.2, 0) is 9.36 Å². The summed E-state index contributed by atoms with van der Waals surface area (Å²) >= 11 is 0. The smallest absolute Gasteiger partial charge is 0.336 e. The molecule has 0 aromatic carbocycles. The molecule has 0 radical (unpaired) electrons. The van der Waals surface area contributed by atoms with Gasteiger partial charge >= 0.3 is 8.03 Å². The van der Waals surface area contributed by atoms with Crippen LogP contribution < -0.4 is 10.2 Å². The standard InChI is InChI=1S/C6H10NO3P/c1-4-5(8)7-6(2,3)11(9)10/h4H,1H2,2-3H3,(H,7,8). The van der Waals surface area contributed by atoms with E-state index in [1.807, 2.05) is 0 Å². The summed E-state index contributed by atoms with van der Waals surface area (Å²) in [7, 11) is -2.66. The summed E-state index contributed by atoms with van der Waals surface area (Å²) in [5.74, 6) is -0.491. The van der Waals surface area contributed by atoms with Gasteiger partial charge in [-0.2, -0.15) is 0 Å². The van der Waals surface area contributed by atoms with Gasteiger partial charge in [0, 0.05) is 13.8 Å². The van der Waals surface area contributed by atoms with Crippen molar-refractivity contribution in [2.75, 3.05) is 0 Å². The second-order valence-corrected chi connectivity index (χ2v) is 4.14. The molecule has 0 aromatic rings. The molecule has 1 amide bonds. The van der Waals surface area contributed by atoms with E-state index >= 15 is 0 Å². The second-order valence-electron chi connectivity index (χ2n) is 2.51. The van der Waals surface area contributed by atoms with Gasteiger partial charge in [-0.3, -0.25) is 4.79 Å². The van der Waals surface area contributed by atoms with Crippen molar-refractivity contribution in [3.05, 3.63) is 12.7 Å². The van der Waals surface area contributed by atoms with E-state index in [-0.39, 0.29) is 0 Å². The van der Waals surface area contributed by atoms with Crippen molar-refractivity contribution >= 4 is 13.9 Å². The molecule has 0 aliphatic rings. The van der Waals surface area contributed by atoms with E-state index in [1.54, 1.807) is 0 Å². The van der Waals surface area contributed by atoms with Gasteiger partial charge in [0.2, 0.25) is 11.2 Å². The number of rotatable bonds is 3. The molecule has 0 saturated carbocycles. The van der Waals surface area contributed by atoms with E-state index in [9.17, 15) is 14.3 Å². The molecule has 0 heterocycles. The molecule has 0 saturated heterocycles. The van der Waals surface area contributed by atoms with Gasteiger partial charge in [-0.1, -0.05) is 11.1 Å². The Hall–Kier alpha value is -0.730. The maximum Gasteiger partial charge on any atom is 0.336 e. The van der Waals surface area contributed by atoms with Gasteiger partial charge < -0.3 is 10.2 Å². The molecule has 0 aliphatic carbocycles. The first kappa shape index (κ1) is 10.3. The molecule has 5 heteroatoms. The third-order valence-electron chi connectivity index (χ3n) is 1.07. The van der Waals surface area contributed by atoms with Crippen LogP contribution in [0.15, 0.2) is 12.7 Å². The van der Waals surface area contributed by atoms with Gasteiger partial charge in [-0.15, -0.1) is 0 Å². The number of carbonyl (C=O) groups is 1. The Kier molecular flexibility index (Phi) is 3.36. The minimum absolute atomic E-state index is 0.491. The summed E-state index contributed by atoms with van der Waals surface area (Å²) in [6, 6.07) is 0. The molecule has 1 N–H and O–H groups in total. The average Bonchev–Trinajstić information content (AvgIpc) is 1.86. The molecular weight excluding hydrogens is 165 g/mol. The highest BCUT2D eigenvalue weighted by atomic mass is 31.1. The predicted molar refractivity (Wildman–Crippen MR) is 40.0 cm³/mol. The largest absolute Gasteiger partial charge is 0.594 e. The number of hydrogen-bond donors (Lipinski definition) is 1. The molecule has 0 spiro atoms. The fourth-order valence-electron chi connectivity index (χ4n) is 0.398. The van der Waals surface area contributed by atoms with E-state index in [0.29, 0.717) is 0 Å². The molecule has 0 aliphatic heterocycles. The van der Waals surface area contributed by atoms with Crippen molar-refractivity contribution in [2.45, 2.75) is 19.1 Å². The van der Waals surface area contributed by atoms with E-state index in [2.05, 4.69) is 11.9 Å². The summed E-state index contributed by atoms with van der Waals surface area (Å²) in [5.41, 5.74) is 0. The highest BCUT2D eigenvalue weighted by Crippen LogP contribution is 2.27. The Labute approximate surface area is 66.2 Å². The third-order valence-corrected chi connectivity index (χ3v) is 2.10. The van der Waals surface area contributed by atoms with Crippen molar-refractivity contribution in [1.82, 2.24) is 5.32 Å². The molecule has 62 valence electrons. The first-order chi connectivity index (χ1) is 4.90. The Morgan fingerprint density at radius 2 is 2.18 bits per heavy atom. The molecule has 0 aromatic heterocycles. The van der Waals surface area contributed by atoms with Crippen molar-refractivity contribution in [3.63, 3.8) is 0 Å². The second kappa shape index (κ2) is 3.60. The molecule has 1 atom stereocenters. The zero-order valence-electron chi connectivity index (χ0n) is 6.46. The first-order valence-electron chi connectivity index (χ1n) is 2.99. The van der Waals surface area contributed by atoms with Crippen LogP contribution in [-0.4, -0.2) is 11.2 Å². The zero-order chi connectivity index (χ0) is 9.07. The molecule has 0 rings (SSSR count). The fraction of sp³-hybridized carbons (Fsp3) is 0.500. The van der Waals surface area contributed by atoms with Crippen LogP contribution in [0.5, 0.6) is 0 Å². The molecule has 1 unspecified atom stereocenters. The minimum atomic E-state index is -2.66. The van der Waals surface area contributed by atoms with Gasteiger partial charge in [0.05, 0.1) is 0 Å². The number of amides is 1. The quantitative estimate of drug-likeness (QED) is 0.489. The number of hydrogen-bond acceptors (Lipinski definition) is 3. The van der Waals surface area contributed by atoms with Gasteiger partial charge in [0.1, 0.15) is 0 Å². The molecule has 0 bridgehead atoms. The van der Waals surface area contributed by atoms with Gasteiger partial charge in [0.25, 0.3) is 0 Å². The summed E-state index contributed by atoms with van der Waals surface area (Å²) < 4.78 is 10.5. The highest BCUT2D eigenvalue weighted by molar-refractivity contribution is 7.38. The van der Waals surface area contributed by atoms with Crippen molar-refractivity contribution in [1.29, 1.82) is 0 Å². The Bertz CT molecular complexity index is 200. The van der Waals surface area contributed by atoms with Gasteiger partial charge in [0.15, 0.2) is 0 Å². The van der Waals surface area contributed by atoms with Crippen LogP contribution in [0.1, 0.15) is 13.8 Å². The molecule has 0 fully saturated rings. The number of carbonyl (C=O) groups excluding carboxylic acids is 1. The Balaban J connectivity index is 4.23. The first-order valence-corrected chi connectivity index (χ1v) is 4.17. The molecular formula is C6H10NO3P. The summed E-state index contributed by atoms with van der Waals surface area (Å²) in [4.78, 5) is 21.1. The third kappa shape index (κ3) is 3.25. The van der Waals surface area contributed by atoms with Crippen molar-refractivity contribution in [3.8, 4) is 0 Å². The lowest BCUT2D eigenvalue weighted by Crippen LogP contribution is -2.41. The summed E-state index contributed by atoms with van der Waals surface area (Å²) in [6.07, 6.45) is 1.03. The lowest BCUT2D eigenvalue weighted by atomic mass is 10.4. The van der Waals surface area contributed by atoms with Crippen LogP contribution in [0.25, 0.3) is 0 Å².